The highest BCUT2D eigenvalue weighted by atomic mass is 127. The Labute approximate surface area is 166 Å². The zero-order valence-electron chi connectivity index (χ0n) is 15.1. The van der Waals surface area contributed by atoms with Crippen molar-refractivity contribution in [2.75, 3.05) is 46.4 Å². The molecule has 1 aliphatic rings. The SMILES string of the molecule is CCNC(=NCC1CN(C)CCO1)NCCc1nc(C)c(C)s1.I. The van der Waals surface area contributed by atoms with E-state index < -0.39 is 0 Å². The number of hydrogen-bond acceptors (Lipinski definition) is 5. The molecule has 1 unspecified atom stereocenters. The van der Waals surface area contributed by atoms with Gasteiger partial charge in [0, 0.05) is 37.5 Å². The molecule has 2 heterocycles. The van der Waals surface area contributed by atoms with Gasteiger partial charge < -0.3 is 20.3 Å². The lowest BCUT2D eigenvalue weighted by Crippen LogP contribution is -2.43. The van der Waals surface area contributed by atoms with Crippen LogP contribution in [0.1, 0.15) is 22.5 Å². The minimum atomic E-state index is 0. The lowest BCUT2D eigenvalue weighted by molar-refractivity contribution is -0.0136. The Morgan fingerprint density at radius 3 is 2.83 bits per heavy atom. The van der Waals surface area contributed by atoms with Crippen molar-refractivity contribution in [1.29, 1.82) is 0 Å². The topological polar surface area (TPSA) is 61.8 Å². The molecule has 2 rings (SSSR count). The molecule has 24 heavy (non-hydrogen) atoms. The van der Waals surface area contributed by atoms with Crippen molar-refractivity contribution in [3.8, 4) is 0 Å². The third-order valence-electron chi connectivity index (χ3n) is 3.84. The first-order chi connectivity index (χ1) is 11.1. The summed E-state index contributed by atoms with van der Waals surface area (Å²) in [6.07, 6.45) is 1.11. The van der Waals surface area contributed by atoms with Gasteiger partial charge in [0.05, 0.1) is 30.0 Å². The van der Waals surface area contributed by atoms with Crippen LogP contribution in [0, 0.1) is 13.8 Å². The van der Waals surface area contributed by atoms with Crippen LogP contribution in [0.5, 0.6) is 0 Å². The van der Waals surface area contributed by atoms with Gasteiger partial charge in [-0.05, 0) is 27.8 Å². The van der Waals surface area contributed by atoms with E-state index in [2.05, 4.69) is 53.3 Å². The number of likely N-dealkylation sites (N-methyl/N-ethyl adjacent to an activating group) is 1. The number of halogens is 1. The van der Waals surface area contributed by atoms with Crippen molar-refractivity contribution in [1.82, 2.24) is 20.5 Å². The molecule has 0 bridgehead atoms. The van der Waals surface area contributed by atoms with Gasteiger partial charge in [-0.25, -0.2) is 4.98 Å². The predicted molar refractivity (Wildman–Crippen MR) is 112 cm³/mol. The normalized spacial score (nSPS) is 19.0. The molecule has 0 amide bonds. The number of aryl methyl sites for hydroxylation is 2. The molecule has 2 N–H and O–H groups in total. The van der Waals surface area contributed by atoms with Crippen molar-refractivity contribution in [3.05, 3.63) is 15.6 Å². The number of thiazole rings is 1. The van der Waals surface area contributed by atoms with Crippen molar-refractivity contribution >= 4 is 41.3 Å². The molecule has 138 valence electrons. The molecule has 1 aromatic heterocycles. The molecular formula is C16H30IN5OS. The van der Waals surface area contributed by atoms with Crippen LogP contribution in [0.4, 0.5) is 0 Å². The van der Waals surface area contributed by atoms with Gasteiger partial charge in [0.2, 0.25) is 0 Å². The van der Waals surface area contributed by atoms with Gasteiger partial charge in [0.1, 0.15) is 0 Å². The fraction of sp³-hybridized carbons (Fsp3) is 0.750. The molecular weight excluding hydrogens is 437 g/mol. The first-order valence-electron chi connectivity index (χ1n) is 8.33. The number of morpholine rings is 1. The van der Waals surface area contributed by atoms with Gasteiger partial charge in [-0.2, -0.15) is 0 Å². The average Bonchev–Trinajstić information content (AvgIpc) is 2.83. The second kappa shape index (κ2) is 11.2. The highest BCUT2D eigenvalue weighted by Crippen LogP contribution is 2.16. The van der Waals surface area contributed by atoms with Gasteiger partial charge in [-0.3, -0.25) is 4.99 Å². The number of nitrogens with one attached hydrogen (secondary N) is 2. The van der Waals surface area contributed by atoms with E-state index in [-0.39, 0.29) is 30.1 Å². The number of guanidine groups is 1. The smallest absolute Gasteiger partial charge is 0.191 e. The molecule has 0 saturated carbocycles. The molecule has 8 heteroatoms. The minimum Gasteiger partial charge on any atom is -0.374 e. The lowest BCUT2D eigenvalue weighted by Gasteiger charge is -2.29. The number of rotatable bonds is 6. The molecule has 1 atom stereocenters. The van der Waals surface area contributed by atoms with Gasteiger partial charge in [0.25, 0.3) is 0 Å². The Kier molecular flexibility index (Phi) is 10.1. The van der Waals surface area contributed by atoms with Crippen LogP contribution in [-0.4, -0.2) is 68.3 Å². The van der Waals surface area contributed by atoms with Gasteiger partial charge in [-0.15, -0.1) is 35.3 Å². The van der Waals surface area contributed by atoms with Crippen molar-refractivity contribution in [3.63, 3.8) is 0 Å². The zero-order valence-corrected chi connectivity index (χ0v) is 18.2. The Bertz CT molecular complexity index is 503. The summed E-state index contributed by atoms with van der Waals surface area (Å²) in [5.41, 5.74) is 1.14. The van der Waals surface area contributed by atoms with E-state index in [1.807, 2.05) is 0 Å². The first-order valence-corrected chi connectivity index (χ1v) is 9.15. The van der Waals surface area contributed by atoms with E-state index in [0.717, 1.165) is 50.9 Å². The third-order valence-corrected chi connectivity index (χ3v) is 4.98. The third kappa shape index (κ3) is 7.20. The van der Waals surface area contributed by atoms with E-state index in [4.69, 9.17) is 4.74 Å². The van der Waals surface area contributed by atoms with Crippen molar-refractivity contribution in [2.45, 2.75) is 33.3 Å². The second-order valence-electron chi connectivity index (χ2n) is 5.90. The Morgan fingerprint density at radius 2 is 2.21 bits per heavy atom. The standard InChI is InChI=1S/C16H29N5OS.HI/c1-5-17-16(19-10-14-11-21(4)8-9-22-14)18-7-6-15-20-12(2)13(3)23-15;/h14H,5-11H2,1-4H3,(H2,17,18,19);1H. The van der Waals surface area contributed by atoms with Crippen LogP contribution in [0.3, 0.4) is 0 Å². The number of hydrogen-bond donors (Lipinski definition) is 2. The summed E-state index contributed by atoms with van der Waals surface area (Å²) in [5, 5.41) is 7.86. The molecule has 1 fully saturated rings. The van der Waals surface area contributed by atoms with Crippen LogP contribution in [0.25, 0.3) is 0 Å². The Morgan fingerprint density at radius 1 is 1.42 bits per heavy atom. The summed E-state index contributed by atoms with van der Waals surface area (Å²) < 4.78 is 5.75. The van der Waals surface area contributed by atoms with Crippen LogP contribution >= 0.6 is 35.3 Å². The number of aliphatic imine (C=N–C) groups is 1. The molecule has 0 radical (unpaired) electrons. The summed E-state index contributed by atoms with van der Waals surface area (Å²) in [6, 6.07) is 0. The summed E-state index contributed by atoms with van der Waals surface area (Å²) in [4.78, 5) is 12.8. The molecule has 1 saturated heterocycles. The predicted octanol–water partition coefficient (Wildman–Crippen LogP) is 1.81. The monoisotopic (exact) mass is 467 g/mol. The fourth-order valence-electron chi connectivity index (χ4n) is 2.45. The summed E-state index contributed by atoms with van der Waals surface area (Å²) in [5.74, 6) is 0.856. The quantitative estimate of drug-likeness (QED) is 0.380. The fourth-order valence-corrected chi connectivity index (χ4v) is 3.38. The molecule has 1 aliphatic heterocycles. The van der Waals surface area contributed by atoms with E-state index >= 15 is 0 Å². The molecule has 6 nitrogen and oxygen atoms in total. The summed E-state index contributed by atoms with van der Waals surface area (Å²) >= 11 is 1.78. The highest BCUT2D eigenvalue weighted by molar-refractivity contribution is 14.0. The Hall–Kier alpha value is -0.450. The largest absolute Gasteiger partial charge is 0.374 e. The second-order valence-corrected chi connectivity index (χ2v) is 7.19. The van der Waals surface area contributed by atoms with Crippen LogP contribution < -0.4 is 10.6 Å². The Balaban J connectivity index is 0.00000288. The molecule has 0 aliphatic carbocycles. The molecule has 0 aromatic carbocycles. The minimum absolute atomic E-state index is 0. The summed E-state index contributed by atoms with van der Waals surface area (Å²) in [7, 11) is 2.13. The van der Waals surface area contributed by atoms with Crippen LogP contribution in [0.2, 0.25) is 0 Å². The van der Waals surface area contributed by atoms with E-state index in [1.54, 1.807) is 11.3 Å². The zero-order chi connectivity index (χ0) is 16.7. The maximum atomic E-state index is 5.75. The lowest BCUT2D eigenvalue weighted by atomic mass is 10.3. The first kappa shape index (κ1) is 21.6. The van der Waals surface area contributed by atoms with E-state index in [9.17, 15) is 0 Å². The van der Waals surface area contributed by atoms with Gasteiger partial charge in [0.15, 0.2) is 5.96 Å². The summed E-state index contributed by atoms with van der Waals surface area (Å²) in [6.45, 7) is 11.4. The van der Waals surface area contributed by atoms with Gasteiger partial charge in [-0.1, -0.05) is 0 Å². The van der Waals surface area contributed by atoms with E-state index in [1.165, 1.54) is 9.88 Å². The number of nitrogens with zero attached hydrogens (tertiary/aromatic N) is 3. The van der Waals surface area contributed by atoms with Gasteiger partial charge >= 0.3 is 0 Å². The van der Waals surface area contributed by atoms with Crippen molar-refractivity contribution in [2.24, 2.45) is 4.99 Å². The molecule has 1 aromatic rings. The average molecular weight is 467 g/mol. The highest BCUT2D eigenvalue weighted by Gasteiger charge is 2.17. The van der Waals surface area contributed by atoms with Crippen molar-refractivity contribution < 1.29 is 4.74 Å². The van der Waals surface area contributed by atoms with Crippen LogP contribution in [0.15, 0.2) is 4.99 Å². The maximum absolute atomic E-state index is 5.75. The number of ether oxygens (including phenoxy) is 1. The maximum Gasteiger partial charge on any atom is 0.191 e. The molecule has 0 spiro atoms. The van der Waals surface area contributed by atoms with Crippen LogP contribution in [-0.2, 0) is 11.2 Å². The van der Waals surface area contributed by atoms with E-state index in [0.29, 0.717) is 6.54 Å². The number of aromatic nitrogens is 1.